The molecule has 2 aromatic carbocycles. The van der Waals surface area contributed by atoms with Gasteiger partial charge in [-0.2, -0.15) is 0 Å². The van der Waals surface area contributed by atoms with E-state index in [1.165, 1.54) is 31.2 Å². The van der Waals surface area contributed by atoms with Crippen LogP contribution in [0.3, 0.4) is 0 Å². The second-order valence-corrected chi connectivity index (χ2v) is 8.97. The molecule has 1 heterocycles. The molecule has 1 amide bonds. The molecule has 0 aliphatic carbocycles. The van der Waals surface area contributed by atoms with Crippen molar-refractivity contribution in [2.45, 2.75) is 51.9 Å². The second-order valence-electron chi connectivity index (χ2n) is 7.18. The molecule has 7 heteroatoms. The van der Waals surface area contributed by atoms with Crippen LogP contribution in [0, 0.1) is 6.92 Å². The Morgan fingerprint density at radius 2 is 1.70 bits per heavy atom. The quantitative estimate of drug-likeness (QED) is 0.494. The summed E-state index contributed by atoms with van der Waals surface area (Å²) < 4.78 is 33.3. The lowest BCUT2D eigenvalue weighted by atomic mass is 10.1. The summed E-state index contributed by atoms with van der Waals surface area (Å²) in [7, 11) is -4.13. The summed E-state index contributed by atoms with van der Waals surface area (Å²) in [5.41, 5.74) is 2.04. The molecule has 0 spiro atoms. The molecule has 0 atom stereocenters. The minimum Gasteiger partial charge on any atom is -0.461 e. The Hall–Kier alpha value is -2.93. The summed E-state index contributed by atoms with van der Waals surface area (Å²) >= 11 is 0. The molecular weight excluding hydrogens is 402 g/mol. The Bertz CT molecular complexity index is 1210. The van der Waals surface area contributed by atoms with Crippen molar-refractivity contribution in [3.63, 3.8) is 0 Å². The Balaban J connectivity index is 2.20. The molecular formula is C23H25NO5S. The molecule has 0 aliphatic heterocycles. The maximum Gasteiger partial charge on any atom is 0.270 e. The number of ketones is 1. The monoisotopic (exact) mass is 427 g/mol. The first-order valence-electron chi connectivity index (χ1n) is 9.91. The van der Waals surface area contributed by atoms with Gasteiger partial charge in [0.2, 0.25) is 5.91 Å². The van der Waals surface area contributed by atoms with E-state index < -0.39 is 15.9 Å². The molecule has 3 rings (SSSR count). The van der Waals surface area contributed by atoms with Crippen molar-refractivity contribution in [1.82, 2.24) is 0 Å². The highest BCUT2D eigenvalue weighted by atomic mass is 32.2. The maximum atomic E-state index is 13.4. The first-order chi connectivity index (χ1) is 14.2. The van der Waals surface area contributed by atoms with Crippen LogP contribution in [-0.2, 0) is 21.2 Å². The van der Waals surface area contributed by atoms with Gasteiger partial charge in [0.15, 0.2) is 5.78 Å². The Kier molecular flexibility index (Phi) is 6.12. The van der Waals surface area contributed by atoms with E-state index in [1.807, 2.05) is 13.8 Å². The van der Waals surface area contributed by atoms with Crippen molar-refractivity contribution < 1.29 is 22.4 Å². The number of carbonyl (C=O) groups is 2. The van der Waals surface area contributed by atoms with Crippen molar-refractivity contribution in [1.29, 1.82) is 0 Å². The third-order valence-corrected chi connectivity index (χ3v) is 6.76. The molecule has 6 nitrogen and oxygen atoms in total. The van der Waals surface area contributed by atoms with Crippen molar-refractivity contribution >= 4 is 38.4 Å². The third kappa shape index (κ3) is 3.89. The SMILES string of the molecule is CCCC(=O)N(c1ccc2oc(C)c(C(C)=O)c2c1)S(=O)(=O)c1ccc(CC)cc1. The molecule has 0 N–H and O–H groups in total. The summed E-state index contributed by atoms with van der Waals surface area (Å²) in [5, 5.41) is 0.489. The number of aryl methyl sites for hydroxylation is 2. The van der Waals surface area contributed by atoms with E-state index in [1.54, 1.807) is 25.1 Å². The molecule has 30 heavy (non-hydrogen) atoms. The highest BCUT2D eigenvalue weighted by molar-refractivity contribution is 7.93. The zero-order valence-electron chi connectivity index (χ0n) is 17.6. The maximum absolute atomic E-state index is 13.4. The van der Waals surface area contributed by atoms with E-state index >= 15 is 0 Å². The Morgan fingerprint density at radius 3 is 2.27 bits per heavy atom. The lowest BCUT2D eigenvalue weighted by Crippen LogP contribution is -2.36. The van der Waals surface area contributed by atoms with Crippen molar-refractivity contribution in [2.75, 3.05) is 4.31 Å². The largest absolute Gasteiger partial charge is 0.461 e. The molecule has 0 radical (unpaired) electrons. The van der Waals surface area contributed by atoms with Crippen LogP contribution in [0.1, 0.15) is 55.3 Å². The Morgan fingerprint density at radius 1 is 1.03 bits per heavy atom. The van der Waals surface area contributed by atoms with E-state index in [0.29, 0.717) is 28.7 Å². The van der Waals surface area contributed by atoms with Gasteiger partial charge in [0.05, 0.1) is 16.1 Å². The average Bonchev–Trinajstić information content (AvgIpc) is 3.03. The van der Waals surface area contributed by atoms with E-state index in [0.717, 1.165) is 16.3 Å². The van der Waals surface area contributed by atoms with Crippen LogP contribution in [0.5, 0.6) is 0 Å². The fourth-order valence-electron chi connectivity index (χ4n) is 3.51. The number of fused-ring (bicyclic) bond motifs is 1. The number of hydrogen-bond donors (Lipinski definition) is 0. The van der Waals surface area contributed by atoms with E-state index in [4.69, 9.17) is 4.42 Å². The summed E-state index contributed by atoms with van der Waals surface area (Å²) in [6.45, 7) is 6.91. The smallest absolute Gasteiger partial charge is 0.270 e. The molecule has 1 aromatic heterocycles. The standard InChI is InChI=1S/C23H25NO5S/c1-5-7-22(26)24(30(27,28)19-11-8-17(6-2)9-12-19)18-10-13-21-20(14-18)23(15(3)25)16(4)29-21/h8-14H,5-7H2,1-4H3. The van der Waals surface area contributed by atoms with Crippen LogP contribution in [-0.4, -0.2) is 20.1 Å². The van der Waals surface area contributed by atoms with Crippen molar-refractivity contribution in [3.8, 4) is 0 Å². The number of benzene rings is 2. The van der Waals surface area contributed by atoms with Gasteiger partial charge in [-0.1, -0.05) is 26.0 Å². The molecule has 0 fully saturated rings. The van der Waals surface area contributed by atoms with Crippen LogP contribution in [0.15, 0.2) is 51.8 Å². The number of amides is 1. The minimum atomic E-state index is -4.13. The highest BCUT2D eigenvalue weighted by Gasteiger charge is 2.31. The summed E-state index contributed by atoms with van der Waals surface area (Å²) in [4.78, 5) is 25.0. The van der Waals surface area contributed by atoms with E-state index in [9.17, 15) is 18.0 Å². The van der Waals surface area contributed by atoms with Crippen molar-refractivity contribution in [2.24, 2.45) is 0 Å². The number of Topliss-reactive ketones (excluding diaryl/α,β-unsaturated/α-hetero) is 1. The van der Waals surface area contributed by atoms with E-state index in [2.05, 4.69) is 0 Å². The van der Waals surface area contributed by atoms with Gasteiger partial charge in [0.25, 0.3) is 10.0 Å². The molecule has 158 valence electrons. The Labute approximate surface area is 176 Å². The van der Waals surface area contributed by atoms with Gasteiger partial charge in [0, 0.05) is 11.8 Å². The summed E-state index contributed by atoms with van der Waals surface area (Å²) in [6, 6.07) is 11.2. The van der Waals surface area contributed by atoms with Crippen LogP contribution < -0.4 is 4.31 Å². The molecule has 0 saturated heterocycles. The molecule has 0 saturated carbocycles. The third-order valence-electron chi connectivity index (χ3n) is 4.99. The molecule has 0 aliphatic rings. The lowest BCUT2D eigenvalue weighted by Gasteiger charge is -2.23. The summed E-state index contributed by atoms with van der Waals surface area (Å²) in [6.07, 6.45) is 1.36. The van der Waals surface area contributed by atoms with Gasteiger partial charge in [-0.25, -0.2) is 12.7 Å². The highest BCUT2D eigenvalue weighted by Crippen LogP contribution is 2.32. The topological polar surface area (TPSA) is 84.7 Å². The molecule has 3 aromatic rings. The fourth-order valence-corrected chi connectivity index (χ4v) is 4.95. The molecule has 0 bridgehead atoms. The van der Waals surface area contributed by atoms with Gasteiger partial charge < -0.3 is 4.42 Å². The first kappa shape index (κ1) is 21.8. The number of hydrogen-bond acceptors (Lipinski definition) is 5. The number of rotatable bonds is 7. The number of sulfonamides is 1. The number of carbonyl (C=O) groups excluding carboxylic acids is 2. The number of furan rings is 1. The van der Waals surface area contributed by atoms with E-state index in [-0.39, 0.29) is 22.8 Å². The van der Waals surface area contributed by atoms with Crippen molar-refractivity contribution in [3.05, 3.63) is 59.4 Å². The lowest BCUT2D eigenvalue weighted by molar-refractivity contribution is -0.117. The normalized spacial score (nSPS) is 11.6. The van der Waals surface area contributed by atoms with Crippen LogP contribution in [0.25, 0.3) is 11.0 Å². The first-order valence-corrected chi connectivity index (χ1v) is 11.4. The van der Waals surface area contributed by atoms with Gasteiger partial charge in [-0.3, -0.25) is 9.59 Å². The van der Waals surface area contributed by atoms with Crippen LogP contribution in [0.2, 0.25) is 0 Å². The summed E-state index contributed by atoms with van der Waals surface area (Å²) in [5.74, 6) is -0.257. The zero-order chi connectivity index (χ0) is 22.1. The van der Waals surface area contributed by atoms with Crippen LogP contribution in [0.4, 0.5) is 5.69 Å². The van der Waals surface area contributed by atoms with Gasteiger partial charge in [-0.15, -0.1) is 0 Å². The van der Waals surface area contributed by atoms with Gasteiger partial charge in [0.1, 0.15) is 11.3 Å². The predicted octanol–water partition coefficient (Wildman–Crippen LogP) is 5.03. The number of nitrogens with zero attached hydrogens (tertiary/aromatic N) is 1. The average molecular weight is 428 g/mol. The second kappa shape index (κ2) is 8.44. The zero-order valence-corrected chi connectivity index (χ0v) is 18.4. The predicted molar refractivity (Wildman–Crippen MR) is 116 cm³/mol. The van der Waals surface area contributed by atoms with Gasteiger partial charge in [-0.05, 0) is 62.6 Å². The van der Waals surface area contributed by atoms with Gasteiger partial charge >= 0.3 is 0 Å². The number of anilines is 1. The fraction of sp³-hybridized carbons (Fsp3) is 0.304. The molecule has 0 unspecified atom stereocenters. The van der Waals surface area contributed by atoms with Crippen LogP contribution >= 0.6 is 0 Å². The minimum absolute atomic E-state index is 0.0411.